The highest BCUT2D eigenvalue weighted by Crippen LogP contribution is 2.48. The van der Waals surface area contributed by atoms with Crippen LogP contribution in [0.1, 0.15) is 35.9 Å². The van der Waals surface area contributed by atoms with Crippen molar-refractivity contribution in [2.75, 3.05) is 0 Å². The number of ketones is 1. The number of phenolic OH excluding ortho intramolecular Hbond substituents is 3. The van der Waals surface area contributed by atoms with Gasteiger partial charge in [0.05, 0.1) is 17.1 Å². The van der Waals surface area contributed by atoms with Gasteiger partial charge in [-0.15, -0.1) is 0 Å². The van der Waals surface area contributed by atoms with Crippen LogP contribution < -0.4 is 0 Å². The number of hydrogen-bond acceptors (Lipinski definition) is 5. The average molecular weight is 274 g/mol. The largest absolute Gasteiger partial charge is 0.507 e. The van der Waals surface area contributed by atoms with Crippen molar-refractivity contribution in [1.82, 2.24) is 0 Å². The third kappa shape index (κ3) is 1.50. The summed E-state index contributed by atoms with van der Waals surface area (Å²) in [6.45, 7) is 3.29. The topological polar surface area (TPSA) is 87.0 Å². The number of aromatic hydroxyl groups is 3. The number of phenols is 3. The fourth-order valence-corrected chi connectivity index (χ4v) is 2.79. The van der Waals surface area contributed by atoms with E-state index in [2.05, 4.69) is 0 Å². The summed E-state index contributed by atoms with van der Waals surface area (Å²) in [6, 6.07) is 4.50. The molecule has 1 aliphatic heterocycles. The number of ether oxygens (including phenoxy) is 1. The van der Waals surface area contributed by atoms with Crippen LogP contribution in [-0.4, -0.2) is 27.2 Å². The first kappa shape index (κ1) is 12.7. The van der Waals surface area contributed by atoms with Crippen LogP contribution in [-0.2, 0) is 4.74 Å². The molecule has 104 valence electrons. The predicted octanol–water partition coefficient (Wildman–Crippen LogP) is 2.62. The summed E-state index contributed by atoms with van der Waals surface area (Å²) in [5, 5.41) is 31.0. The quantitative estimate of drug-likeness (QED) is 0.643. The monoisotopic (exact) mass is 274 g/mol. The molecule has 2 atom stereocenters. The van der Waals surface area contributed by atoms with E-state index in [1.807, 2.05) is 0 Å². The van der Waals surface area contributed by atoms with E-state index in [0.717, 1.165) is 0 Å². The third-order valence-corrected chi connectivity index (χ3v) is 3.73. The van der Waals surface area contributed by atoms with Gasteiger partial charge in [-0.05, 0) is 19.9 Å². The molecule has 5 heteroatoms. The van der Waals surface area contributed by atoms with Crippen LogP contribution in [0, 0.1) is 0 Å². The molecule has 20 heavy (non-hydrogen) atoms. The molecule has 0 radical (unpaired) electrons. The minimum absolute atomic E-state index is 0.0758. The molecule has 1 aliphatic rings. The normalized spacial score (nSPS) is 22.0. The Morgan fingerprint density at radius 2 is 1.75 bits per heavy atom. The summed E-state index contributed by atoms with van der Waals surface area (Å²) < 4.78 is 5.45. The maximum Gasteiger partial charge on any atom is 0.195 e. The molecule has 0 saturated heterocycles. The van der Waals surface area contributed by atoms with E-state index in [9.17, 15) is 20.1 Å². The molecule has 0 fully saturated rings. The Labute approximate surface area is 115 Å². The number of benzene rings is 2. The van der Waals surface area contributed by atoms with E-state index >= 15 is 0 Å². The van der Waals surface area contributed by atoms with Crippen molar-refractivity contribution in [1.29, 1.82) is 0 Å². The lowest BCUT2D eigenvalue weighted by atomic mass is 9.88. The van der Waals surface area contributed by atoms with Crippen molar-refractivity contribution >= 4 is 16.6 Å². The standard InChI is InChI=1S/C15H14O5/c1-6-10-12(13(17)7(2)20-6)14(18)8-4-3-5-9(16)11(8)15(10)19/h3-7,16,18-19H,1-2H3/t6-,7-/m1/s1. The van der Waals surface area contributed by atoms with Gasteiger partial charge >= 0.3 is 0 Å². The Hall–Kier alpha value is -2.27. The van der Waals surface area contributed by atoms with Crippen LogP contribution in [0.2, 0.25) is 0 Å². The van der Waals surface area contributed by atoms with Crippen molar-refractivity contribution in [2.24, 2.45) is 0 Å². The molecule has 0 unspecified atom stereocenters. The number of Topliss-reactive ketones (excluding diaryl/α,β-unsaturated/α-hetero) is 1. The number of carbonyl (C=O) groups excluding carboxylic acids is 1. The molecule has 5 nitrogen and oxygen atoms in total. The van der Waals surface area contributed by atoms with Gasteiger partial charge in [0, 0.05) is 10.9 Å². The molecule has 1 heterocycles. The smallest absolute Gasteiger partial charge is 0.195 e. The molecule has 0 aliphatic carbocycles. The highest BCUT2D eigenvalue weighted by Gasteiger charge is 2.36. The molecule has 2 aromatic carbocycles. The summed E-state index contributed by atoms with van der Waals surface area (Å²) in [7, 11) is 0. The maximum atomic E-state index is 12.2. The molecule has 2 aromatic rings. The number of fused-ring (bicyclic) bond motifs is 2. The van der Waals surface area contributed by atoms with Crippen molar-refractivity contribution in [2.45, 2.75) is 26.1 Å². The molecule has 0 bridgehead atoms. The van der Waals surface area contributed by atoms with Gasteiger partial charge in [-0.1, -0.05) is 12.1 Å². The Balaban J connectivity index is 2.51. The molecule has 3 rings (SSSR count). The van der Waals surface area contributed by atoms with Gasteiger partial charge in [0.1, 0.15) is 23.4 Å². The Morgan fingerprint density at radius 3 is 2.45 bits per heavy atom. The van der Waals surface area contributed by atoms with Crippen LogP contribution in [0.3, 0.4) is 0 Å². The number of rotatable bonds is 0. The van der Waals surface area contributed by atoms with Gasteiger partial charge < -0.3 is 20.1 Å². The number of hydrogen-bond donors (Lipinski definition) is 3. The summed E-state index contributed by atoms with van der Waals surface area (Å²) >= 11 is 0. The molecular formula is C15H14O5. The first-order valence-electron chi connectivity index (χ1n) is 6.32. The average Bonchev–Trinajstić information content (AvgIpc) is 2.40. The highest BCUT2D eigenvalue weighted by molar-refractivity contribution is 6.12. The zero-order valence-electron chi connectivity index (χ0n) is 11.0. The molecule has 0 spiro atoms. The van der Waals surface area contributed by atoms with Crippen LogP contribution in [0.25, 0.3) is 10.8 Å². The third-order valence-electron chi connectivity index (χ3n) is 3.73. The van der Waals surface area contributed by atoms with E-state index in [1.165, 1.54) is 6.07 Å². The Bertz CT molecular complexity index is 735. The fourth-order valence-electron chi connectivity index (χ4n) is 2.79. The van der Waals surface area contributed by atoms with Crippen molar-refractivity contribution in [3.63, 3.8) is 0 Å². The van der Waals surface area contributed by atoms with Gasteiger partial charge in [-0.3, -0.25) is 4.79 Å². The van der Waals surface area contributed by atoms with Crippen LogP contribution >= 0.6 is 0 Å². The second kappa shape index (κ2) is 4.11. The summed E-state index contributed by atoms with van der Waals surface area (Å²) in [4.78, 5) is 12.2. The minimum atomic E-state index is -0.683. The van der Waals surface area contributed by atoms with Crippen molar-refractivity contribution in [3.8, 4) is 17.2 Å². The molecule has 0 saturated carbocycles. The first-order chi connectivity index (χ1) is 9.43. The van der Waals surface area contributed by atoms with E-state index in [4.69, 9.17) is 4.74 Å². The molecule has 0 aromatic heterocycles. The lowest BCUT2D eigenvalue weighted by Gasteiger charge is -2.29. The Kier molecular flexibility index (Phi) is 2.62. The van der Waals surface area contributed by atoms with Gasteiger partial charge in [-0.2, -0.15) is 0 Å². The second-order valence-electron chi connectivity index (χ2n) is 4.97. The van der Waals surface area contributed by atoms with Gasteiger partial charge in [0.25, 0.3) is 0 Å². The lowest BCUT2D eigenvalue weighted by molar-refractivity contribution is 0.00187. The van der Waals surface area contributed by atoms with Crippen molar-refractivity contribution < 1.29 is 24.9 Å². The first-order valence-corrected chi connectivity index (χ1v) is 6.32. The van der Waals surface area contributed by atoms with Crippen LogP contribution in [0.4, 0.5) is 0 Å². The van der Waals surface area contributed by atoms with E-state index in [-0.39, 0.29) is 44.9 Å². The van der Waals surface area contributed by atoms with E-state index in [1.54, 1.807) is 26.0 Å². The zero-order valence-corrected chi connectivity index (χ0v) is 11.0. The van der Waals surface area contributed by atoms with E-state index in [0.29, 0.717) is 0 Å². The van der Waals surface area contributed by atoms with Gasteiger partial charge in [0.15, 0.2) is 5.78 Å². The second-order valence-corrected chi connectivity index (χ2v) is 4.97. The molecule has 0 amide bonds. The SMILES string of the molecule is C[C@H]1O[C@H](C)c2c(c(O)c3cccc(O)c3c2O)C1=O. The lowest BCUT2D eigenvalue weighted by Crippen LogP contribution is -2.29. The summed E-state index contributed by atoms with van der Waals surface area (Å²) in [5.41, 5.74) is 0.298. The van der Waals surface area contributed by atoms with Crippen LogP contribution in [0.5, 0.6) is 17.2 Å². The van der Waals surface area contributed by atoms with Crippen molar-refractivity contribution in [3.05, 3.63) is 29.3 Å². The zero-order chi connectivity index (χ0) is 14.6. The highest BCUT2D eigenvalue weighted by atomic mass is 16.5. The number of carbonyl (C=O) groups is 1. The van der Waals surface area contributed by atoms with Gasteiger partial charge in [-0.25, -0.2) is 0 Å². The van der Waals surface area contributed by atoms with Gasteiger partial charge in [0.2, 0.25) is 0 Å². The Morgan fingerprint density at radius 1 is 1.05 bits per heavy atom. The van der Waals surface area contributed by atoms with E-state index < -0.39 is 12.2 Å². The minimum Gasteiger partial charge on any atom is -0.507 e. The maximum absolute atomic E-state index is 12.2. The summed E-state index contributed by atoms with van der Waals surface area (Å²) in [6.07, 6.45) is -1.23. The molecular weight excluding hydrogens is 260 g/mol. The fraction of sp³-hybridized carbons (Fsp3) is 0.267. The predicted molar refractivity (Wildman–Crippen MR) is 72.2 cm³/mol. The molecule has 3 N–H and O–H groups in total. The van der Waals surface area contributed by atoms with Crippen LogP contribution in [0.15, 0.2) is 18.2 Å². The summed E-state index contributed by atoms with van der Waals surface area (Å²) in [5.74, 6) is -0.984.